The Kier molecular flexibility index (Phi) is 7.96. The zero-order valence-corrected chi connectivity index (χ0v) is 28.5. The van der Waals surface area contributed by atoms with Crippen LogP contribution < -0.4 is 0 Å². The molecule has 2 aliphatic heterocycles. The first-order valence-corrected chi connectivity index (χ1v) is 16.3. The monoisotopic (exact) mass is 586 g/mol. The highest BCUT2D eigenvalue weighted by molar-refractivity contribution is 8.22. The highest BCUT2D eigenvalue weighted by Gasteiger charge is 2.62. The Morgan fingerprint density at radius 2 is 1.00 bits per heavy atom. The van der Waals surface area contributed by atoms with Crippen LogP contribution in [0.5, 0.6) is 0 Å². The van der Waals surface area contributed by atoms with Gasteiger partial charge in [0.1, 0.15) is 0 Å². The largest absolute Gasteiger partial charge is 0.356 e. The van der Waals surface area contributed by atoms with Crippen molar-refractivity contribution in [2.45, 2.75) is 110 Å². The van der Waals surface area contributed by atoms with Gasteiger partial charge < -0.3 is 9.47 Å². The van der Waals surface area contributed by atoms with Crippen LogP contribution in [-0.4, -0.2) is 45.6 Å². The molecule has 6 heteroatoms. The molecule has 4 aliphatic rings. The summed E-state index contributed by atoms with van der Waals surface area (Å²) in [5.74, 6) is 0.476. The number of allylic oxidation sites excluding steroid dienone is 4. The fourth-order valence-corrected chi connectivity index (χ4v) is 10.6. The van der Waals surface area contributed by atoms with Crippen molar-refractivity contribution >= 4 is 35.1 Å². The number of carbonyl (C=O) groups is 2. The van der Waals surface area contributed by atoms with Gasteiger partial charge in [0.25, 0.3) is 0 Å². The van der Waals surface area contributed by atoms with Crippen molar-refractivity contribution in [1.29, 1.82) is 0 Å². The maximum absolute atomic E-state index is 14.1. The Morgan fingerprint density at radius 1 is 0.675 bits per heavy atom. The molecule has 2 atom stereocenters. The van der Waals surface area contributed by atoms with E-state index in [0.717, 1.165) is 28.7 Å². The highest BCUT2D eigenvalue weighted by Crippen LogP contribution is 2.68. The Morgan fingerprint density at radius 3 is 1.27 bits per heavy atom. The molecule has 0 saturated carbocycles. The Balaban J connectivity index is 2.10. The van der Waals surface area contributed by atoms with E-state index in [9.17, 15) is 9.59 Å². The number of ketones is 2. The summed E-state index contributed by atoms with van der Waals surface area (Å²) in [6.45, 7) is 26.3. The Hall–Kier alpha value is -1.08. The lowest BCUT2D eigenvalue weighted by Gasteiger charge is -2.46. The SMILES string of the molecule is COC1OCCC1C1SC2(C=C(C(C)(C)C)C(=O)C(C(C)(C)C)=C2)C2(C=C(C(C)(C)C)C(=O)C(C(C)(C)C)=C2)S1. The molecular formula is C34H50O4S2. The smallest absolute Gasteiger partial charge is 0.185 e. The minimum atomic E-state index is -0.559. The molecule has 0 aromatic heterocycles. The van der Waals surface area contributed by atoms with Crippen molar-refractivity contribution in [3.8, 4) is 0 Å². The molecular weight excluding hydrogens is 537 g/mol. The van der Waals surface area contributed by atoms with E-state index >= 15 is 0 Å². The molecule has 2 aliphatic carbocycles. The number of methoxy groups -OCH3 is 1. The quantitative estimate of drug-likeness (QED) is 0.324. The number of hydrogen-bond donors (Lipinski definition) is 0. The van der Waals surface area contributed by atoms with Gasteiger partial charge in [0.15, 0.2) is 17.9 Å². The van der Waals surface area contributed by atoms with Gasteiger partial charge >= 0.3 is 0 Å². The van der Waals surface area contributed by atoms with Crippen molar-refractivity contribution in [2.75, 3.05) is 13.7 Å². The molecule has 0 N–H and O–H groups in total. The molecule has 40 heavy (non-hydrogen) atoms. The lowest BCUT2D eigenvalue weighted by molar-refractivity contribution is -0.115. The van der Waals surface area contributed by atoms with Gasteiger partial charge in [0, 0.05) is 35.3 Å². The number of fused-ring (bicyclic) bond motifs is 1. The molecule has 2 spiro atoms. The van der Waals surface area contributed by atoms with Gasteiger partial charge in [-0.3, -0.25) is 9.59 Å². The summed E-state index contributed by atoms with van der Waals surface area (Å²) in [6.07, 6.45) is 9.73. The van der Waals surface area contributed by atoms with Gasteiger partial charge in [-0.2, -0.15) is 0 Å². The van der Waals surface area contributed by atoms with Crippen molar-refractivity contribution in [3.05, 3.63) is 46.6 Å². The first kappa shape index (κ1) is 31.8. The number of Topliss-reactive ketones (excluding diaryl/α,β-unsaturated/α-hetero) is 2. The second-order valence-electron chi connectivity index (χ2n) is 16.0. The maximum atomic E-state index is 14.1. The average Bonchev–Trinajstić information content (AvgIpc) is 3.37. The zero-order chi connectivity index (χ0) is 30.3. The predicted molar refractivity (Wildman–Crippen MR) is 169 cm³/mol. The maximum Gasteiger partial charge on any atom is 0.185 e. The molecule has 0 radical (unpaired) electrons. The molecule has 2 unspecified atom stereocenters. The molecule has 4 rings (SSSR count). The van der Waals surface area contributed by atoms with Gasteiger partial charge in [-0.25, -0.2) is 0 Å². The molecule has 0 aromatic carbocycles. The van der Waals surface area contributed by atoms with E-state index < -0.39 is 9.49 Å². The first-order valence-electron chi connectivity index (χ1n) is 14.6. The molecule has 222 valence electrons. The molecule has 2 heterocycles. The lowest BCUT2D eigenvalue weighted by Crippen LogP contribution is -2.48. The summed E-state index contributed by atoms with van der Waals surface area (Å²) in [5, 5.41) is 0. The number of ether oxygens (including phenoxy) is 2. The van der Waals surface area contributed by atoms with Crippen LogP contribution >= 0.6 is 23.5 Å². The van der Waals surface area contributed by atoms with E-state index in [4.69, 9.17) is 9.47 Å². The van der Waals surface area contributed by atoms with Crippen LogP contribution in [0.1, 0.15) is 89.5 Å². The molecule has 0 aromatic rings. The molecule has 2 fully saturated rings. The van der Waals surface area contributed by atoms with E-state index in [1.54, 1.807) is 7.11 Å². The number of thioether (sulfide) groups is 2. The van der Waals surface area contributed by atoms with Crippen LogP contribution in [0.2, 0.25) is 0 Å². The van der Waals surface area contributed by atoms with Crippen LogP contribution in [0.3, 0.4) is 0 Å². The second-order valence-corrected chi connectivity index (χ2v) is 19.1. The van der Waals surface area contributed by atoms with E-state index in [0.29, 0.717) is 6.61 Å². The van der Waals surface area contributed by atoms with Crippen molar-refractivity contribution in [3.63, 3.8) is 0 Å². The standard InChI is InChI=1S/C34H50O4S2/c1-29(2,3)21-16-33(17-22(25(21)35)30(4,5)6)34(40-28(39-33)20-14-15-38-27(20)37-13)18-23(31(7,8)9)26(36)24(19-34)32(10,11)12/h16-20,27-28H,14-15H2,1-13H3. The zero-order valence-electron chi connectivity index (χ0n) is 26.9. The van der Waals surface area contributed by atoms with E-state index in [-0.39, 0.29) is 50.0 Å². The fraction of sp³-hybridized carbons (Fsp3) is 0.706. The minimum Gasteiger partial charge on any atom is -0.356 e. The lowest BCUT2D eigenvalue weighted by atomic mass is 9.65. The van der Waals surface area contributed by atoms with Gasteiger partial charge in [-0.1, -0.05) is 107 Å². The van der Waals surface area contributed by atoms with Crippen LogP contribution in [0, 0.1) is 27.6 Å². The van der Waals surface area contributed by atoms with E-state index in [2.05, 4.69) is 107 Å². The summed E-state index contributed by atoms with van der Waals surface area (Å²) in [7, 11) is 1.72. The first-order chi connectivity index (χ1) is 18.1. The fourth-order valence-electron chi connectivity index (χ4n) is 6.16. The Bertz CT molecular complexity index is 1050. The van der Waals surface area contributed by atoms with Gasteiger partial charge in [-0.05, 0) is 28.1 Å². The normalized spacial score (nSPS) is 27.7. The minimum absolute atomic E-state index is 0.140. The van der Waals surface area contributed by atoms with Crippen LogP contribution in [0.15, 0.2) is 46.6 Å². The van der Waals surface area contributed by atoms with E-state index in [1.165, 1.54) is 0 Å². The third-order valence-electron chi connectivity index (χ3n) is 8.54. The topological polar surface area (TPSA) is 52.6 Å². The van der Waals surface area contributed by atoms with Gasteiger partial charge in [-0.15, -0.1) is 23.5 Å². The molecule has 2 saturated heterocycles. The van der Waals surface area contributed by atoms with E-state index in [1.807, 2.05) is 23.5 Å². The number of carbonyl (C=O) groups excluding carboxylic acids is 2. The average molecular weight is 587 g/mol. The predicted octanol–water partition coefficient (Wildman–Crippen LogP) is 8.33. The Labute approximate surface area is 251 Å². The summed E-state index contributed by atoms with van der Waals surface area (Å²) in [6, 6.07) is 0. The van der Waals surface area contributed by atoms with Crippen molar-refractivity contribution in [2.24, 2.45) is 27.6 Å². The van der Waals surface area contributed by atoms with Crippen LogP contribution in [-0.2, 0) is 19.1 Å². The molecule has 4 nitrogen and oxygen atoms in total. The number of rotatable bonds is 2. The molecule has 0 bridgehead atoms. The van der Waals surface area contributed by atoms with Crippen molar-refractivity contribution in [1.82, 2.24) is 0 Å². The third-order valence-corrected chi connectivity index (χ3v) is 12.3. The number of hydrogen-bond acceptors (Lipinski definition) is 6. The second kappa shape index (κ2) is 9.99. The molecule has 0 amide bonds. The van der Waals surface area contributed by atoms with Crippen LogP contribution in [0.4, 0.5) is 0 Å². The van der Waals surface area contributed by atoms with Crippen molar-refractivity contribution < 1.29 is 19.1 Å². The summed E-state index contributed by atoms with van der Waals surface area (Å²) >= 11 is 3.84. The third kappa shape index (κ3) is 5.40. The van der Waals surface area contributed by atoms with Gasteiger partial charge in [0.05, 0.1) is 20.7 Å². The summed E-state index contributed by atoms with van der Waals surface area (Å²) < 4.78 is 10.8. The van der Waals surface area contributed by atoms with Gasteiger partial charge in [0.2, 0.25) is 0 Å². The highest BCUT2D eigenvalue weighted by atomic mass is 32.2. The summed E-state index contributed by atoms with van der Waals surface area (Å²) in [4.78, 5) is 28.2. The van der Waals surface area contributed by atoms with Crippen LogP contribution in [0.25, 0.3) is 0 Å². The summed E-state index contributed by atoms with van der Waals surface area (Å²) in [5.41, 5.74) is 2.09.